The summed E-state index contributed by atoms with van der Waals surface area (Å²) in [5.74, 6) is -0.251. The predicted molar refractivity (Wildman–Crippen MR) is 64.8 cm³/mol. The van der Waals surface area contributed by atoms with Crippen molar-refractivity contribution in [3.63, 3.8) is 0 Å². The van der Waals surface area contributed by atoms with Crippen LogP contribution in [0.15, 0.2) is 41.0 Å². The second-order valence-electron chi connectivity index (χ2n) is 3.79. The summed E-state index contributed by atoms with van der Waals surface area (Å²) in [7, 11) is 1.84. The number of carbonyl (C=O) groups excluding carboxylic acids is 1. The summed E-state index contributed by atoms with van der Waals surface area (Å²) in [6.07, 6.45) is 2.09. The molecule has 16 heavy (non-hydrogen) atoms. The minimum absolute atomic E-state index is 0.251. The second kappa shape index (κ2) is 4.39. The lowest BCUT2D eigenvalue weighted by molar-refractivity contribution is -0.126. The number of hydrogen-bond acceptors (Lipinski definition) is 3. The van der Waals surface area contributed by atoms with E-state index in [2.05, 4.69) is 15.9 Å². The number of carbonyl (C=O) groups is 1. The number of ketones is 1. The maximum atomic E-state index is 11.5. The molecule has 84 valence electrons. The van der Waals surface area contributed by atoms with Crippen molar-refractivity contribution in [3.05, 3.63) is 46.6 Å². The van der Waals surface area contributed by atoms with E-state index in [9.17, 15) is 9.90 Å². The van der Waals surface area contributed by atoms with Crippen LogP contribution in [0.3, 0.4) is 0 Å². The van der Waals surface area contributed by atoms with Crippen molar-refractivity contribution in [3.8, 4) is 0 Å². The number of hydrogen-bond donors (Lipinski definition) is 1. The van der Waals surface area contributed by atoms with Gasteiger partial charge in [-0.1, -0.05) is 34.1 Å². The van der Waals surface area contributed by atoms with Gasteiger partial charge in [-0.05, 0) is 17.7 Å². The maximum absolute atomic E-state index is 11.5. The van der Waals surface area contributed by atoms with Crippen LogP contribution in [-0.4, -0.2) is 28.9 Å². The second-order valence-corrected chi connectivity index (χ2v) is 4.65. The van der Waals surface area contributed by atoms with Gasteiger partial charge < -0.3 is 10.0 Å². The van der Waals surface area contributed by atoms with Crippen molar-refractivity contribution in [2.24, 2.45) is 0 Å². The highest BCUT2D eigenvalue weighted by Crippen LogP contribution is 2.32. The van der Waals surface area contributed by atoms with Crippen LogP contribution < -0.4 is 0 Å². The molecular weight excluding hydrogens is 270 g/mol. The third-order valence-corrected chi connectivity index (χ3v) is 3.45. The number of benzene rings is 1. The van der Waals surface area contributed by atoms with E-state index in [1.807, 2.05) is 36.2 Å². The van der Waals surface area contributed by atoms with Gasteiger partial charge in [0.05, 0.1) is 6.04 Å². The molecule has 0 unspecified atom stereocenters. The van der Waals surface area contributed by atoms with Gasteiger partial charge in [-0.15, -0.1) is 0 Å². The van der Waals surface area contributed by atoms with E-state index in [0.29, 0.717) is 0 Å². The topological polar surface area (TPSA) is 40.5 Å². The molecule has 1 N–H and O–H groups in total. The van der Waals surface area contributed by atoms with Gasteiger partial charge in [0.25, 0.3) is 0 Å². The zero-order valence-corrected chi connectivity index (χ0v) is 10.4. The minimum Gasteiger partial charge on any atom is -0.382 e. The quantitative estimate of drug-likeness (QED) is 0.855. The molecular formula is C12H12BrNO2. The normalized spacial score (nSPS) is 24.9. The first kappa shape index (κ1) is 11.4. The lowest BCUT2D eigenvalue weighted by atomic mass is 9.95. The predicted octanol–water partition coefficient (Wildman–Crippen LogP) is 1.88. The molecule has 1 heterocycles. The summed E-state index contributed by atoms with van der Waals surface area (Å²) in [6.45, 7) is 0. The van der Waals surface area contributed by atoms with Crippen LogP contribution in [0.2, 0.25) is 0 Å². The van der Waals surface area contributed by atoms with Gasteiger partial charge in [-0.2, -0.15) is 0 Å². The molecule has 0 fully saturated rings. The fourth-order valence-electron chi connectivity index (χ4n) is 1.87. The Morgan fingerprint density at radius 3 is 2.75 bits per heavy atom. The summed E-state index contributed by atoms with van der Waals surface area (Å²) in [5.41, 5.74) is 0.912. The van der Waals surface area contributed by atoms with Gasteiger partial charge in [-0.3, -0.25) is 4.79 Å². The standard InChI is InChI=1S/C12H12BrNO2/c1-14-7-6-10(15)12(16)11(14)8-4-2-3-5-9(8)13/h2-7,11-12,16H,1H3/t11-,12-/m1/s1. The largest absolute Gasteiger partial charge is 0.382 e. The molecule has 0 bridgehead atoms. The fourth-order valence-corrected chi connectivity index (χ4v) is 2.38. The van der Waals surface area contributed by atoms with Crippen molar-refractivity contribution in [1.29, 1.82) is 0 Å². The molecule has 1 aliphatic rings. The molecule has 1 aliphatic heterocycles. The van der Waals surface area contributed by atoms with Crippen LogP contribution in [0.4, 0.5) is 0 Å². The van der Waals surface area contributed by atoms with Gasteiger partial charge in [0.1, 0.15) is 6.10 Å². The van der Waals surface area contributed by atoms with Gasteiger partial charge in [0.2, 0.25) is 0 Å². The van der Waals surface area contributed by atoms with Crippen LogP contribution in [-0.2, 0) is 4.79 Å². The SMILES string of the molecule is CN1C=CC(=O)[C@@H](O)[C@H]1c1ccccc1Br. The van der Waals surface area contributed by atoms with Crippen molar-refractivity contribution in [2.45, 2.75) is 12.1 Å². The number of likely N-dealkylation sites (N-methyl/N-ethyl adjacent to an activating group) is 1. The highest BCUT2D eigenvalue weighted by molar-refractivity contribution is 9.10. The molecule has 0 saturated heterocycles. The van der Waals surface area contributed by atoms with Crippen molar-refractivity contribution in [2.75, 3.05) is 7.05 Å². The molecule has 3 nitrogen and oxygen atoms in total. The molecule has 0 spiro atoms. The molecule has 0 aliphatic carbocycles. The Hall–Kier alpha value is -1.13. The zero-order chi connectivity index (χ0) is 11.7. The molecule has 0 aromatic heterocycles. The number of halogens is 1. The minimum atomic E-state index is -1.01. The van der Waals surface area contributed by atoms with Gasteiger partial charge in [-0.25, -0.2) is 0 Å². The Labute approximate surface area is 103 Å². The molecule has 0 saturated carbocycles. The molecule has 1 aromatic carbocycles. The first-order valence-corrected chi connectivity index (χ1v) is 5.77. The van der Waals surface area contributed by atoms with Crippen LogP contribution in [0.25, 0.3) is 0 Å². The Balaban J connectivity index is 2.44. The fraction of sp³-hybridized carbons (Fsp3) is 0.250. The number of aliphatic hydroxyl groups is 1. The number of rotatable bonds is 1. The lowest BCUT2D eigenvalue weighted by Gasteiger charge is -2.33. The summed E-state index contributed by atoms with van der Waals surface area (Å²) < 4.78 is 0.897. The number of aliphatic hydroxyl groups excluding tert-OH is 1. The Bertz CT molecular complexity index is 444. The van der Waals surface area contributed by atoms with Crippen LogP contribution in [0.5, 0.6) is 0 Å². The molecule has 4 heteroatoms. The first-order chi connectivity index (χ1) is 7.61. The van der Waals surface area contributed by atoms with Crippen molar-refractivity contribution < 1.29 is 9.90 Å². The molecule has 2 atom stereocenters. The van der Waals surface area contributed by atoms with Gasteiger partial charge >= 0.3 is 0 Å². The van der Waals surface area contributed by atoms with Crippen LogP contribution >= 0.6 is 15.9 Å². The lowest BCUT2D eigenvalue weighted by Crippen LogP contribution is -2.39. The molecule has 0 amide bonds. The average Bonchev–Trinajstić information content (AvgIpc) is 2.27. The molecule has 0 radical (unpaired) electrons. The first-order valence-electron chi connectivity index (χ1n) is 4.97. The highest BCUT2D eigenvalue weighted by atomic mass is 79.9. The van der Waals surface area contributed by atoms with E-state index >= 15 is 0 Å². The summed E-state index contributed by atoms with van der Waals surface area (Å²) in [4.78, 5) is 13.3. The van der Waals surface area contributed by atoms with Crippen LogP contribution in [0, 0.1) is 0 Å². The third-order valence-electron chi connectivity index (χ3n) is 2.73. The van der Waals surface area contributed by atoms with Gasteiger partial charge in [0.15, 0.2) is 5.78 Å². The van der Waals surface area contributed by atoms with E-state index in [1.54, 1.807) is 6.20 Å². The van der Waals surface area contributed by atoms with E-state index < -0.39 is 6.10 Å². The Kier molecular flexibility index (Phi) is 3.12. The maximum Gasteiger partial charge on any atom is 0.188 e. The average molecular weight is 282 g/mol. The molecule has 2 rings (SSSR count). The van der Waals surface area contributed by atoms with E-state index in [4.69, 9.17) is 0 Å². The number of nitrogens with zero attached hydrogens (tertiary/aromatic N) is 1. The Morgan fingerprint density at radius 1 is 1.38 bits per heavy atom. The van der Waals surface area contributed by atoms with E-state index in [0.717, 1.165) is 10.0 Å². The van der Waals surface area contributed by atoms with Crippen molar-refractivity contribution in [1.82, 2.24) is 4.90 Å². The van der Waals surface area contributed by atoms with Crippen LogP contribution in [0.1, 0.15) is 11.6 Å². The highest BCUT2D eigenvalue weighted by Gasteiger charge is 2.32. The molecule has 1 aromatic rings. The Morgan fingerprint density at radius 2 is 2.06 bits per heavy atom. The van der Waals surface area contributed by atoms with Gasteiger partial charge in [0, 0.05) is 17.7 Å². The third kappa shape index (κ3) is 1.90. The smallest absolute Gasteiger partial charge is 0.188 e. The summed E-state index contributed by atoms with van der Waals surface area (Å²) in [6, 6.07) is 7.27. The monoisotopic (exact) mass is 281 g/mol. The van der Waals surface area contributed by atoms with E-state index in [1.165, 1.54) is 6.08 Å². The summed E-state index contributed by atoms with van der Waals surface area (Å²) >= 11 is 3.43. The van der Waals surface area contributed by atoms with E-state index in [-0.39, 0.29) is 11.8 Å². The zero-order valence-electron chi connectivity index (χ0n) is 8.80. The van der Waals surface area contributed by atoms with Crippen molar-refractivity contribution >= 4 is 21.7 Å². The summed E-state index contributed by atoms with van der Waals surface area (Å²) in [5, 5.41) is 9.92.